The molecule has 0 atom stereocenters. The maximum atomic E-state index is 11.1. The van der Waals surface area contributed by atoms with Gasteiger partial charge in [0.05, 0.1) is 0 Å². The van der Waals surface area contributed by atoms with Crippen LogP contribution in [0.5, 0.6) is 0 Å². The van der Waals surface area contributed by atoms with Gasteiger partial charge in [-0.25, -0.2) is 0 Å². The average Bonchev–Trinajstić information content (AvgIpc) is 2.04. The monoisotopic (exact) mass is 175 g/mol. The van der Waals surface area contributed by atoms with Gasteiger partial charge in [0.15, 0.2) is 0 Å². The van der Waals surface area contributed by atoms with E-state index in [0.717, 1.165) is 11.3 Å². The maximum absolute atomic E-state index is 11.1. The summed E-state index contributed by atoms with van der Waals surface area (Å²) in [6.07, 6.45) is 3.22. The molecule has 0 bridgehead atoms. The summed E-state index contributed by atoms with van der Waals surface area (Å²) in [5, 5.41) is 2.76. The van der Waals surface area contributed by atoms with Crippen LogP contribution in [0.2, 0.25) is 0 Å². The molecule has 0 saturated carbocycles. The largest absolute Gasteiger partial charge is 0.323 e. The summed E-state index contributed by atoms with van der Waals surface area (Å²) in [6, 6.07) is 7.71. The maximum Gasteiger partial charge on any atom is 0.248 e. The van der Waals surface area contributed by atoms with Crippen molar-refractivity contribution in [2.75, 3.05) is 5.32 Å². The van der Waals surface area contributed by atoms with E-state index in [9.17, 15) is 4.79 Å². The number of rotatable bonds is 2. The van der Waals surface area contributed by atoms with Crippen molar-refractivity contribution in [3.63, 3.8) is 0 Å². The van der Waals surface area contributed by atoms with Crippen LogP contribution in [0.15, 0.2) is 36.4 Å². The summed E-state index contributed by atoms with van der Waals surface area (Å²) in [5.41, 5.74) is 1.97. The third-order valence-corrected chi connectivity index (χ3v) is 1.60. The van der Waals surface area contributed by atoms with Crippen LogP contribution in [0.4, 0.5) is 5.69 Å². The third-order valence-electron chi connectivity index (χ3n) is 1.60. The van der Waals surface area contributed by atoms with Crippen LogP contribution in [0, 0.1) is 6.92 Å². The summed E-state index contributed by atoms with van der Waals surface area (Å²) in [7, 11) is 0. The molecule has 0 saturated heterocycles. The van der Waals surface area contributed by atoms with Gasteiger partial charge in [0, 0.05) is 5.69 Å². The number of nitrogens with one attached hydrogen (secondary N) is 1. The number of allylic oxidation sites excluding steroid dienone is 1. The molecule has 0 heterocycles. The summed E-state index contributed by atoms with van der Waals surface area (Å²) in [6.45, 7) is 3.81. The van der Waals surface area contributed by atoms with Crippen molar-refractivity contribution in [1.29, 1.82) is 0 Å². The normalized spacial score (nSPS) is 10.3. The Bertz CT molecular complexity index is 329. The molecule has 0 aliphatic carbocycles. The Morgan fingerprint density at radius 3 is 2.85 bits per heavy atom. The molecule has 68 valence electrons. The molecule has 0 radical (unpaired) electrons. The number of carbonyl (C=O) groups is 1. The van der Waals surface area contributed by atoms with Gasteiger partial charge in [-0.3, -0.25) is 4.79 Å². The molecule has 1 rings (SSSR count). The summed E-state index contributed by atoms with van der Waals surface area (Å²) in [4.78, 5) is 11.1. The van der Waals surface area contributed by atoms with E-state index in [0.29, 0.717) is 0 Å². The second kappa shape index (κ2) is 4.45. The van der Waals surface area contributed by atoms with Crippen LogP contribution in [0.1, 0.15) is 12.5 Å². The minimum atomic E-state index is -0.0897. The van der Waals surface area contributed by atoms with E-state index in [1.54, 1.807) is 6.08 Å². The molecule has 1 amide bonds. The number of hydrogen-bond donors (Lipinski definition) is 1. The van der Waals surface area contributed by atoms with Gasteiger partial charge in [-0.15, -0.1) is 0 Å². The molecule has 1 aromatic rings. The first-order chi connectivity index (χ1) is 6.22. The van der Waals surface area contributed by atoms with Gasteiger partial charge in [0.1, 0.15) is 0 Å². The second-order valence-electron chi connectivity index (χ2n) is 2.86. The molecule has 0 aromatic heterocycles. The van der Waals surface area contributed by atoms with Crippen molar-refractivity contribution in [2.24, 2.45) is 0 Å². The molecule has 2 nitrogen and oxygen atoms in total. The van der Waals surface area contributed by atoms with Crippen LogP contribution >= 0.6 is 0 Å². The Morgan fingerprint density at radius 1 is 1.46 bits per heavy atom. The number of aryl methyl sites for hydroxylation is 1. The first kappa shape index (κ1) is 9.52. The van der Waals surface area contributed by atoms with Gasteiger partial charge in [-0.1, -0.05) is 18.2 Å². The van der Waals surface area contributed by atoms with E-state index in [4.69, 9.17) is 0 Å². The van der Waals surface area contributed by atoms with E-state index >= 15 is 0 Å². The Hall–Kier alpha value is -1.57. The van der Waals surface area contributed by atoms with E-state index < -0.39 is 0 Å². The van der Waals surface area contributed by atoms with Crippen molar-refractivity contribution < 1.29 is 4.79 Å². The van der Waals surface area contributed by atoms with Crippen LogP contribution in [0.3, 0.4) is 0 Å². The molecule has 0 spiro atoms. The fraction of sp³-hybridized carbons (Fsp3) is 0.182. The Kier molecular flexibility index (Phi) is 3.26. The lowest BCUT2D eigenvalue weighted by molar-refractivity contribution is -0.111. The Morgan fingerprint density at radius 2 is 2.23 bits per heavy atom. The minimum absolute atomic E-state index is 0.0897. The molecule has 1 aromatic carbocycles. The Labute approximate surface area is 78.3 Å². The highest BCUT2D eigenvalue weighted by molar-refractivity contribution is 5.99. The van der Waals surface area contributed by atoms with Gasteiger partial charge in [-0.2, -0.15) is 0 Å². The molecule has 13 heavy (non-hydrogen) atoms. The highest BCUT2D eigenvalue weighted by Crippen LogP contribution is 2.09. The van der Waals surface area contributed by atoms with Gasteiger partial charge < -0.3 is 5.32 Å². The van der Waals surface area contributed by atoms with Crippen LogP contribution < -0.4 is 5.32 Å². The fourth-order valence-corrected chi connectivity index (χ4v) is 1.06. The zero-order valence-corrected chi connectivity index (χ0v) is 7.87. The lowest BCUT2D eigenvalue weighted by atomic mass is 10.2. The molecule has 0 aliphatic heterocycles. The molecule has 2 heteroatoms. The highest BCUT2D eigenvalue weighted by atomic mass is 16.1. The van der Waals surface area contributed by atoms with E-state index in [2.05, 4.69) is 5.32 Å². The Balaban J connectivity index is 2.69. The molecule has 0 aliphatic rings. The van der Waals surface area contributed by atoms with Crippen molar-refractivity contribution in [2.45, 2.75) is 13.8 Å². The zero-order valence-electron chi connectivity index (χ0n) is 7.87. The first-order valence-corrected chi connectivity index (χ1v) is 4.22. The summed E-state index contributed by atoms with van der Waals surface area (Å²) in [5.74, 6) is -0.0897. The fourth-order valence-electron chi connectivity index (χ4n) is 1.06. The topological polar surface area (TPSA) is 29.1 Å². The summed E-state index contributed by atoms with van der Waals surface area (Å²) >= 11 is 0. The smallest absolute Gasteiger partial charge is 0.248 e. The molecular weight excluding hydrogens is 162 g/mol. The van der Waals surface area contributed by atoms with Crippen molar-refractivity contribution >= 4 is 11.6 Å². The van der Waals surface area contributed by atoms with Gasteiger partial charge in [0.2, 0.25) is 5.91 Å². The number of hydrogen-bond acceptors (Lipinski definition) is 1. The summed E-state index contributed by atoms with van der Waals surface area (Å²) < 4.78 is 0. The van der Waals surface area contributed by atoms with Crippen molar-refractivity contribution in [1.82, 2.24) is 0 Å². The third kappa shape index (κ3) is 3.11. The lowest BCUT2D eigenvalue weighted by Crippen LogP contribution is -2.07. The van der Waals surface area contributed by atoms with Crippen molar-refractivity contribution in [3.05, 3.63) is 42.0 Å². The number of anilines is 1. The standard InChI is InChI=1S/C11H13NO/c1-3-5-11(13)12-10-7-4-6-9(2)8-10/h3-8H,1-2H3,(H,12,13)/b5-3-. The zero-order chi connectivity index (χ0) is 9.68. The van der Waals surface area contributed by atoms with Crippen LogP contribution in [-0.2, 0) is 4.79 Å². The van der Waals surface area contributed by atoms with Gasteiger partial charge in [0.25, 0.3) is 0 Å². The number of amides is 1. The SMILES string of the molecule is C/C=C\C(=O)Nc1cccc(C)c1. The highest BCUT2D eigenvalue weighted by Gasteiger charge is 1.95. The quantitative estimate of drug-likeness (QED) is 0.687. The number of benzene rings is 1. The molecule has 1 N–H and O–H groups in total. The lowest BCUT2D eigenvalue weighted by Gasteiger charge is -2.02. The van der Waals surface area contributed by atoms with Gasteiger partial charge >= 0.3 is 0 Å². The van der Waals surface area contributed by atoms with Crippen molar-refractivity contribution in [3.8, 4) is 0 Å². The predicted molar refractivity (Wildman–Crippen MR) is 54.6 cm³/mol. The molecule has 0 unspecified atom stereocenters. The van der Waals surface area contributed by atoms with E-state index in [-0.39, 0.29) is 5.91 Å². The molecular formula is C11H13NO. The number of carbonyl (C=O) groups excluding carboxylic acids is 1. The van der Waals surface area contributed by atoms with E-state index in [1.165, 1.54) is 6.08 Å². The predicted octanol–water partition coefficient (Wildman–Crippen LogP) is 2.51. The second-order valence-corrected chi connectivity index (χ2v) is 2.86. The molecule has 0 fully saturated rings. The first-order valence-electron chi connectivity index (χ1n) is 4.22. The average molecular weight is 175 g/mol. The minimum Gasteiger partial charge on any atom is -0.323 e. The van der Waals surface area contributed by atoms with Gasteiger partial charge in [-0.05, 0) is 37.6 Å². The van der Waals surface area contributed by atoms with Crippen LogP contribution in [-0.4, -0.2) is 5.91 Å². The van der Waals surface area contributed by atoms with Crippen LogP contribution in [0.25, 0.3) is 0 Å². The van der Waals surface area contributed by atoms with E-state index in [1.807, 2.05) is 38.1 Å².